The van der Waals surface area contributed by atoms with Crippen molar-refractivity contribution in [3.05, 3.63) is 65.5 Å². The maximum atomic E-state index is 14.0. The van der Waals surface area contributed by atoms with E-state index in [4.69, 9.17) is 4.98 Å². The molecule has 0 saturated carbocycles. The van der Waals surface area contributed by atoms with Gasteiger partial charge in [0.15, 0.2) is 11.5 Å². The molecule has 0 atom stereocenters. The Bertz CT molecular complexity index is 1180. The van der Waals surface area contributed by atoms with Gasteiger partial charge in [-0.3, -0.25) is 4.79 Å². The number of fused-ring (bicyclic) bond motifs is 2. The Morgan fingerprint density at radius 2 is 2.00 bits per heavy atom. The third kappa shape index (κ3) is 3.33. The number of aromatic nitrogens is 3. The maximum Gasteiger partial charge on any atom is 0.259 e. The van der Waals surface area contributed by atoms with Crippen LogP contribution < -0.4 is 5.32 Å². The molecule has 0 radical (unpaired) electrons. The van der Waals surface area contributed by atoms with E-state index in [9.17, 15) is 9.18 Å². The molecule has 5 nitrogen and oxygen atoms in total. The predicted molar refractivity (Wildman–Crippen MR) is 109 cm³/mol. The monoisotopic (exact) mass is 376 g/mol. The highest BCUT2D eigenvalue weighted by Crippen LogP contribution is 2.27. The molecule has 0 aliphatic rings. The summed E-state index contributed by atoms with van der Waals surface area (Å²) in [6, 6.07) is 14.0. The van der Waals surface area contributed by atoms with E-state index >= 15 is 0 Å². The fourth-order valence-electron chi connectivity index (χ4n) is 3.26. The number of hydrogen-bond acceptors (Lipinski definition) is 3. The number of hydrogen-bond donors (Lipinski definition) is 1. The number of unbranched alkanes of at least 4 members (excludes halogenated alkanes) is 1. The molecule has 2 heterocycles. The summed E-state index contributed by atoms with van der Waals surface area (Å²) in [6.07, 6.45) is 1.97. The molecule has 0 bridgehead atoms. The number of amides is 1. The first-order valence-electron chi connectivity index (χ1n) is 9.40. The normalized spacial score (nSPS) is 11.2. The molecule has 28 heavy (non-hydrogen) atoms. The van der Waals surface area contributed by atoms with Crippen LogP contribution in [0.3, 0.4) is 0 Å². The van der Waals surface area contributed by atoms with Crippen molar-refractivity contribution in [1.29, 1.82) is 0 Å². The number of nitrogens with zero attached hydrogens (tertiary/aromatic N) is 3. The summed E-state index contributed by atoms with van der Waals surface area (Å²) in [5.41, 5.74) is 2.71. The molecule has 2 aromatic carbocycles. The highest BCUT2D eigenvalue weighted by atomic mass is 19.1. The first-order chi connectivity index (χ1) is 13.6. The fourth-order valence-corrected chi connectivity index (χ4v) is 3.26. The molecule has 0 aliphatic heterocycles. The van der Waals surface area contributed by atoms with Gasteiger partial charge in [0.2, 0.25) is 0 Å². The zero-order valence-electron chi connectivity index (χ0n) is 15.9. The lowest BCUT2D eigenvalue weighted by Crippen LogP contribution is -2.14. The van der Waals surface area contributed by atoms with Crippen molar-refractivity contribution in [3.8, 4) is 0 Å². The minimum absolute atomic E-state index is 0.0108. The number of benzene rings is 2. The Morgan fingerprint density at radius 1 is 1.18 bits per heavy atom. The maximum absolute atomic E-state index is 14.0. The van der Waals surface area contributed by atoms with Gasteiger partial charge in [0, 0.05) is 11.9 Å². The molecule has 4 rings (SSSR count). The van der Waals surface area contributed by atoms with Crippen LogP contribution in [0.15, 0.2) is 48.5 Å². The standard InChI is InChI=1S/C22H21FN4O/c1-3-4-11-27-21-17(13-15-12-14(2)9-10-19(15)24-21)20(26-27)25-22(28)16-7-5-6-8-18(16)23/h5-10,12-13H,3-4,11H2,1-2H3,(H,25,26,28). The van der Waals surface area contributed by atoms with Crippen LogP contribution in [-0.4, -0.2) is 20.7 Å². The van der Waals surface area contributed by atoms with Crippen LogP contribution >= 0.6 is 0 Å². The number of pyridine rings is 1. The molecule has 6 heteroatoms. The van der Waals surface area contributed by atoms with Crippen LogP contribution in [0.2, 0.25) is 0 Å². The van der Waals surface area contributed by atoms with Crippen LogP contribution in [0.1, 0.15) is 35.7 Å². The van der Waals surface area contributed by atoms with E-state index in [1.165, 1.54) is 12.1 Å². The van der Waals surface area contributed by atoms with Gasteiger partial charge in [-0.25, -0.2) is 14.1 Å². The minimum Gasteiger partial charge on any atom is -0.304 e. The molecule has 0 spiro atoms. The van der Waals surface area contributed by atoms with Gasteiger partial charge in [-0.05, 0) is 43.7 Å². The summed E-state index contributed by atoms with van der Waals surface area (Å²) in [5, 5.41) is 9.06. The summed E-state index contributed by atoms with van der Waals surface area (Å²) in [5.74, 6) is -0.686. The summed E-state index contributed by atoms with van der Waals surface area (Å²) in [6.45, 7) is 4.83. The summed E-state index contributed by atoms with van der Waals surface area (Å²) < 4.78 is 15.8. The van der Waals surface area contributed by atoms with Crippen LogP contribution in [0, 0.1) is 12.7 Å². The Kier molecular flexibility index (Phi) is 4.77. The number of aryl methyl sites for hydroxylation is 2. The number of carbonyl (C=O) groups is 1. The Hall–Kier alpha value is -3.28. The topological polar surface area (TPSA) is 59.8 Å². The largest absolute Gasteiger partial charge is 0.304 e. The third-order valence-electron chi connectivity index (χ3n) is 4.74. The number of anilines is 1. The molecule has 142 valence electrons. The van der Waals surface area contributed by atoms with Gasteiger partial charge < -0.3 is 5.32 Å². The van der Waals surface area contributed by atoms with Gasteiger partial charge in [-0.1, -0.05) is 37.1 Å². The van der Waals surface area contributed by atoms with Crippen molar-refractivity contribution in [2.24, 2.45) is 0 Å². The van der Waals surface area contributed by atoms with E-state index in [2.05, 4.69) is 17.3 Å². The number of nitrogens with one attached hydrogen (secondary N) is 1. The van der Waals surface area contributed by atoms with Crippen molar-refractivity contribution in [2.75, 3.05) is 5.32 Å². The first-order valence-corrected chi connectivity index (χ1v) is 9.40. The average Bonchev–Trinajstić information content (AvgIpc) is 3.01. The lowest BCUT2D eigenvalue weighted by Gasteiger charge is -2.04. The van der Waals surface area contributed by atoms with Gasteiger partial charge >= 0.3 is 0 Å². The molecule has 0 saturated heterocycles. The number of rotatable bonds is 5. The first kappa shape index (κ1) is 18.1. The number of carbonyl (C=O) groups excluding carboxylic acids is 1. The molecule has 1 N–H and O–H groups in total. The fraction of sp³-hybridized carbons (Fsp3) is 0.227. The van der Waals surface area contributed by atoms with Crippen molar-refractivity contribution in [1.82, 2.24) is 14.8 Å². The molecular formula is C22H21FN4O. The van der Waals surface area contributed by atoms with E-state index in [0.717, 1.165) is 34.7 Å². The Labute approximate surface area is 162 Å². The molecule has 4 aromatic rings. The smallest absolute Gasteiger partial charge is 0.259 e. The second-order valence-electron chi connectivity index (χ2n) is 6.91. The highest BCUT2D eigenvalue weighted by Gasteiger charge is 2.18. The summed E-state index contributed by atoms with van der Waals surface area (Å²) in [4.78, 5) is 17.4. The van der Waals surface area contributed by atoms with Gasteiger partial charge in [0.25, 0.3) is 5.91 Å². The third-order valence-corrected chi connectivity index (χ3v) is 4.74. The van der Waals surface area contributed by atoms with E-state index in [1.807, 2.05) is 35.9 Å². The van der Waals surface area contributed by atoms with E-state index < -0.39 is 11.7 Å². The van der Waals surface area contributed by atoms with Crippen molar-refractivity contribution < 1.29 is 9.18 Å². The summed E-state index contributed by atoms with van der Waals surface area (Å²) >= 11 is 0. The Balaban J connectivity index is 1.82. The molecule has 2 aromatic heterocycles. The van der Waals surface area contributed by atoms with Crippen molar-refractivity contribution in [3.63, 3.8) is 0 Å². The van der Waals surface area contributed by atoms with Crippen LogP contribution in [-0.2, 0) is 6.54 Å². The zero-order chi connectivity index (χ0) is 19.7. The molecule has 0 fully saturated rings. The second kappa shape index (κ2) is 7.38. The van der Waals surface area contributed by atoms with Gasteiger partial charge in [-0.2, -0.15) is 5.10 Å². The number of halogens is 1. The molecule has 0 aliphatic carbocycles. The molecule has 0 unspecified atom stereocenters. The lowest BCUT2D eigenvalue weighted by molar-refractivity contribution is 0.102. The molecule has 1 amide bonds. The van der Waals surface area contributed by atoms with Crippen molar-refractivity contribution >= 4 is 33.7 Å². The van der Waals surface area contributed by atoms with E-state index in [-0.39, 0.29) is 5.56 Å². The quantitative estimate of drug-likeness (QED) is 0.528. The lowest BCUT2D eigenvalue weighted by atomic mass is 10.1. The molecular weight excluding hydrogens is 355 g/mol. The van der Waals surface area contributed by atoms with Crippen LogP contribution in [0.4, 0.5) is 10.2 Å². The van der Waals surface area contributed by atoms with E-state index in [0.29, 0.717) is 18.0 Å². The van der Waals surface area contributed by atoms with Gasteiger partial charge in [-0.15, -0.1) is 0 Å². The summed E-state index contributed by atoms with van der Waals surface area (Å²) in [7, 11) is 0. The minimum atomic E-state index is -0.561. The van der Waals surface area contributed by atoms with Crippen molar-refractivity contribution in [2.45, 2.75) is 33.2 Å². The predicted octanol–water partition coefficient (Wildman–Crippen LogP) is 5.08. The zero-order valence-corrected chi connectivity index (χ0v) is 15.9. The van der Waals surface area contributed by atoms with Gasteiger partial charge in [0.05, 0.1) is 16.5 Å². The highest BCUT2D eigenvalue weighted by molar-refractivity contribution is 6.09. The Morgan fingerprint density at radius 3 is 2.79 bits per heavy atom. The SMILES string of the molecule is CCCCn1nc(NC(=O)c2ccccc2F)c2cc3cc(C)ccc3nc21. The van der Waals surface area contributed by atoms with Crippen LogP contribution in [0.5, 0.6) is 0 Å². The second-order valence-corrected chi connectivity index (χ2v) is 6.91. The van der Waals surface area contributed by atoms with Gasteiger partial charge in [0.1, 0.15) is 5.82 Å². The van der Waals surface area contributed by atoms with E-state index in [1.54, 1.807) is 12.1 Å². The average molecular weight is 376 g/mol. The van der Waals surface area contributed by atoms with Crippen LogP contribution in [0.25, 0.3) is 21.9 Å².